The third-order valence-corrected chi connectivity index (χ3v) is 3.64. The van der Waals surface area contributed by atoms with Crippen LogP contribution in [0.2, 0.25) is 0 Å². The summed E-state index contributed by atoms with van der Waals surface area (Å²) in [6.45, 7) is 1.83. The van der Waals surface area contributed by atoms with E-state index in [1.165, 1.54) is 0 Å². The second-order valence-electron chi connectivity index (χ2n) is 5.21. The molecule has 7 heteroatoms. The highest BCUT2D eigenvalue weighted by Gasteiger charge is 2.28. The van der Waals surface area contributed by atoms with Crippen molar-refractivity contribution >= 4 is 12.0 Å². The molecule has 1 fully saturated rings. The average Bonchev–Trinajstić information content (AvgIpc) is 2.92. The van der Waals surface area contributed by atoms with Gasteiger partial charge >= 0.3 is 12.0 Å². The van der Waals surface area contributed by atoms with E-state index in [-0.39, 0.29) is 24.0 Å². The molecule has 0 spiro atoms. The summed E-state index contributed by atoms with van der Waals surface area (Å²) in [5.41, 5.74) is 0. The van der Waals surface area contributed by atoms with Crippen molar-refractivity contribution in [3.63, 3.8) is 0 Å². The van der Waals surface area contributed by atoms with Gasteiger partial charge in [-0.3, -0.25) is 4.79 Å². The second kappa shape index (κ2) is 6.40. The Bertz CT molecular complexity index is 460. The van der Waals surface area contributed by atoms with E-state index in [0.717, 1.165) is 12.8 Å². The van der Waals surface area contributed by atoms with Crippen molar-refractivity contribution in [2.24, 2.45) is 5.92 Å². The van der Waals surface area contributed by atoms with E-state index in [1.54, 1.807) is 12.4 Å². The van der Waals surface area contributed by atoms with Crippen LogP contribution >= 0.6 is 0 Å². The van der Waals surface area contributed by atoms with E-state index in [2.05, 4.69) is 20.6 Å². The van der Waals surface area contributed by atoms with E-state index in [1.807, 2.05) is 6.92 Å². The Morgan fingerprint density at radius 2 is 2.30 bits per heavy atom. The number of aliphatic carboxylic acids is 1. The first-order valence-electron chi connectivity index (χ1n) is 6.85. The van der Waals surface area contributed by atoms with Crippen LogP contribution < -0.4 is 10.6 Å². The van der Waals surface area contributed by atoms with Crippen LogP contribution in [0.4, 0.5) is 4.79 Å². The van der Waals surface area contributed by atoms with Crippen molar-refractivity contribution in [3.8, 4) is 0 Å². The number of nitrogens with one attached hydrogen (secondary N) is 3. The molecule has 1 aliphatic carbocycles. The van der Waals surface area contributed by atoms with E-state index in [9.17, 15) is 9.59 Å². The van der Waals surface area contributed by atoms with E-state index < -0.39 is 5.97 Å². The van der Waals surface area contributed by atoms with Crippen LogP contribution in [0, 0.1) is 5.92 Å². The molecule has 0 aromatic carbocycles. The standard InChI is InChI=1S/C13H20N4O3/c1-8(11-14-5-6-15-11)16-13(20)17-10-4-2-3-9(7-10)12(18)19/h5-6,8-10H,2-4,7H2,1H3,(H,14,15)(H,18,19)(H2,16,17,20). The van der Waals surface area contributed by atoms with Crippen LogP contribution in [-0.2, 0) is 4.79 Å². The lowest BCUT2D eigenvalue weighted by atomic mass is 9.86. The Morgan fingerprint density at radius 1 is 1.50 bits per heavy atom. The Balaban J connectivity index is 1.80. The number of amides is 2. The molecule has 2 rings (SSSR count). The summed E-state index contributed by atoms with van der Waals surface area (Å²) >= 11 is 0. The molecule has 0 aliphatic heterocycles. The van der Waals surface area contributed by atoms with Crippen molar-refractivity contribution in [2.45, 2.75) is 44.7 Å². The number of carbonyl (C=O) groups is 2. The number of carboxylic acids is 1. The van der Waals surface area contributed by atoms with Gasteiger partial charge in [-0.2, -0.15) is 0 Å². The van der Waals surface area contributed by atoms with Crippen molar-refractivity contribution in [1.82, 2.24) is 20.6 Å². The molecule has 20 heavy (non-hydrogen) atoms. The fourth-order valence-electron chi connectivity index (χ4n) is 2.55. The van der Waals surface area contributed by atoms with Gasteiger partial charge in [-0.1, -0.05) is 6.42 Å². The highest BCUT2D eigenvalue weighted by molar-refractivity contribution is 5.75. The predicted molar refractivity (Wildman–Crippen MR) is 72.1 cm³/mol. The topological polar surface area (TPSA) is 107 Å². The SMILES string of the molecule is CC(NC(=O)NC1CCCC(C(=O)O)C1)c1ncc[nH]1. The summed E-state index contributed by atoms with van der Waals surface area (Å²) < 4.78 is 0. The molecule has 1 saturated carbocycles. The number of nitrogens with zero attached hydrogens (tertiary/aromatic N) is 1. The first-order valence-corrected chi connectivity index (χ1v) is 6.85. The van der Waals surface area contributed by atoms with Gasteiger partial charge in [0.2, 0.25) is 0 Å². The van der Waals surface area contributed by atoms with Gasteiger partial charge in [0.05, 0.1) is 12.0 Å². The van der Waals surface area contributed by atoms with E-state index in [0.29, 0.717) is 18.7 Å². The number of aromatic nitrogens is 2. The van der Waals surface area contributed by atoms with Gasteiger partial charge in [0.25, 0.3) is 0 Å². The second-order valence-corrected chi connectivity index (χ2v) is 5.21. The largest absolute Gasteiger partial charge is 0.481 e. The zero-order valence-electron chi connectivity index (χ0n) is 11.4. The quantitative estimate of drug-likeness (QED) is 0.669. The number of rotatable bonds is 4. The van der Waals surface area contributed by atoms with Gasteiger partial charge in [0, 0.05) is 18.4 Å². The minimum Gasteiger partial charge on any atom is -0.481 e. The van der Waals surface area contributed by atoms with Crippen molar-refractivity contribution < 1.29 is 14.7 Å². The fraction of sp³-hybridized carbons (Fsp3) is 0.615. The highest BCUT2D eigenvalue weighted by atomic mass is 16.4. The monoisotopic (exact) mass is 280 g/mol. The maximum absolute atomic E-state index is 11.9. The maximum Gasteiger partial charge on any atom is 0.315 e. The molecule has 1 aromatic rings. The number of carboxylic acid groups (broad SMARTS) is 1. The Kier molecular flexibility index (Phi) is 4.60. The predicted octanol–water partition coefficient (Wildman–Crippen LogP) is 1.41. The minimum atomic E-state index is -0.777. The smallest absolute Gasteiger partial charge is 0.315 e. The lowest BCUT2D eigenvalue weighted by molar-refractivity contribution is -0.143. The lowest BCUT2D eigenvalue weighted by Gasteiger charge is -2.27. The normalized spacial score (nSPS) is 23.9. The maximum atomic E-state index is 11.9. The molecular weight excluding hydrogens is 260 g/mol. The summed E-state index contributed by atoms with van der Waals surface area (Å²) in [4.78, 5) is 29.9. The molecular formula is C13H20N4O3. The number of H-pyrrole nitrogens is 1. The molecule has 1 aromatic heterocycles. The molecule has 1 heterocycles. The molecule has 110 valence electrons. The first-order chi connectivity index (χ1) is 9.56. The molecule has 0 radical (unpaired) electrons. The molecule has 3 atom stereocenters. The Morgan fingerprint density at radius 3 is 2.95 bits per heavy atom. The summed E-state index contributed by atoms with van der Waals surface area (Å²) in [6, 6.07) is -0.581. The zero-order chi connectivity index (χ0) is 14.5. The first kappa shape index (κ1) is 14.4. The highest BCUT2D eigenvalue weighted by Crippen LogP contribution is 2.24. The summed E-state index contributed by atoms with van der Waals surface area (Å²) in [5.74, 6) is -0.440. The van der Waals surface area contributed by atoms with Crippen LogP contribution in [0.3, 0.4) is 0 Å². The van der Waals surface area contributed by atoms with Crippen molar-refractivity contribution in [2.75, 3.05) is 0 Å². The molecule has 7 nitrogen and oxygen atoms in total. The van der Waals surface area contributed by atoms with Crippen molar-refractivity contribution in [3.05, 3.63) is 18.2 Å². The number of hydrogen-bond acceptors (Lipinski definition) is 3. The molecule has 4 N–H and O–H groups in total. The minimum absolute atomic E-state index is 0.0753. The van der Waals surface area contributed by atoms with Crippen LogP contribution in [0.1, 0.15) is 44.5 Å². The van der Waals surface area contributed by atoms with Crippen LogP contribution in [-0.4, -0.2) is 33.1 Å². The molecule has 2 amide bonds. The number of carbonyl (C=O) groups excluding carboxylic acids is 1. The van der Waals surface area contributed by atoms with Gasteiger partial charge < -0.3 is 20.7 Å². The lowest BCUT2D eigenvalue weighted by Crippen LogP contribution is -2.45. The number of aromatic amines is 1. The van der Waals surface area contributed by atoms with Gasteiger partial charge in [0.1, 0.15) is 5.82 Å². The van der Waals surface area contributed by atoms with Crippen LogP contribution in [0.25, 0.3) is 0 Å². The van der Waals surface area contributed by atoms with Gasteiger partial charge in [-0.15, -0.1) is 0 Å². The van der Waals surface area contributed by atoms with Crippen molar-refractivity contribution in [1.29, 1.82) is 0 Å². The molecule has 3 unspecified atom stereocenters. The van der Waals surface area contributed by atoms with Crippen LogP contribution in [0.15, 0.2) is 12.4 Å². The Labute approximate surface area is 117 Å². The number of urea groups is 1. The number of hydrogen-bond donors (Lipinski definition) is 4. The Hall–Kier alpha value is -2.05. The van der Waals surface area contributed by atoms with Crippen LogP contribution in [0.5, 0.6) is 0 Å². The molecule has 1 aliphatic rings. The third kappa shape index (κ3) is 3.72. The summed E-state index contributed by atoms with van der Waals surface area (Å²) in [6.07, 6.45) is 6.17. The van der Waals surface area contributed by atoms with Gasteiger partial charge in [-0.05, 0) is 26.2 Å². The summed E-state index contributed by atoms with van der Waals surface area (Å²) in [5, 5.41) is 14.6. The third-order valence-electron chi connectivity index (χ3n) is 3.64. The zero-order valence-corrected chi connectivity index (χ0v) is 11.4. The van der Waals surface area contributed by atoms with E-state index >= 15 is 0 Å². The van der Waals surface area contributed by atoms with Gasteiger partial charge in [0.15, 0.2) is 0 Å². The van der Waals surface area contributed by atoms with E-state index in [4.69, 9.17) is 5.11 Å². The van der Waals surface area contributed by atoms with Gasteiger partial charge in [-0.25, -0.2) is 9.78 Å². The molecule has 0 bridgehead atoms. The molecule has 0 saturated heterocycles. The summed E-state index contributed by atoms with van der Waals surface area (Å²) in [7, 11) is 0. The number of imidazole rings is 1. The average molecular weight is 280 g/mol. The fourth-order valence-corrected chi connectivity index (χ4v) is 2.55.